The highest BCUT2D eigenvalue weighted by atomic mass is 16.4. The first-order valence-electron chi connectivity index (χ1n) is 7.18. The Labute approximate surface area is 124 Å². The Morgan fingerprint density at radius 3 is 2.57 bits per heavy atom. The molecular formula is C16H21NO4. The van der Waals surface area contributed by atoms with Crippen molar-refractivity contribution in [2.75, 3.05) is 13.2 Å². The van der Waals surface area contributed by atoms with Crippen molar-refractivity contribution < 1.29 is 19.8 Å². The largest absolute Gasteiger partial charge is 0.481 e. The van der Waals surface area contributed by atoms with Gasteiger partial charge in [0, 0.05) is 13.0 Å². The van der Waals surface area contributed by atoms with E-state index in [-0.39, 0.29) is 25.0 Å². The SMILES string of the molecule is CC(CC(=O)N1CCCC1CO)(C(=O)O)c1ccccc1. The molecule has 2 unspecified atom stereocenters. The van der Waals surface area contributed by atoms with Crippen LogP contribution in [-0.2, 0) is 15.0 Å². The van der Waals surface area contributed by atoms with Gasteiger partial charge in [0.15, 0.2) is 0 Å². The second-order valence-corrected chi connectivity index (χ2v) is 5.75. The number of amides is 1. The highest BCUT2D eigenvalue weighted by molar-refractivity contribution is 5.89. The maximum absolute atomic E-state index is 12.5. The zero-order valence-corrected chi connectivity index (χ0v) is 12.2. The molecule has 1 aliphatic heterocycles. The lowest BCUT2D eigenvalue weighted by Crippen LogP contribution is -2.43. The summed E-state index contributed by atoms with van der Waals surface area (Å²) in [4.78, 5) is 25.8. The molecule has 2 rings (SSSR count). The van der Waals surface area contributed by atoms with E-state index in [0.29, 0.717) is 12.1 Å². The molecule has 5 nitrogen and oxygen atoms in total. The predicted molar refractivity (Wildman–Crippen MR) is 77.9 cm³/mol. The van der Waals surface area contributed by atoms with Crippen LogP contribution in [0.5, 0.6) is 0 Å². The standard InChI is InChI=1S/C16H21NO4/c1-16(15(20)21,12-6-3-2-4-7-12)10-14(19)17-9-5-8-13(17)11-18/h2-4,6-7,13,18H,5,8-11H2,1H3,(H,20,21). The van der Waals surface area contributed by atoms with E-state index >= 15 is 0 Å². The van der Waals surface area contributed by atoms with Gasteiger partial charge in [-0.05, 0) is 25.3 Å². The summed E-state index contributed by atoms with van der Waals surface area (Å²) < 4.78 is 0. The van der Waals surface area contributed by atoms with Crippen LogP contribution in [0.4, 0.5) is 0 Å². The molecule has 1 fully saturated rings. The molecule has 1 aliphatic rings. The van der Waals surface area contributed by atoms with Gasteiger partial charge in [-0.1, -0.05) is 30.3 Å². The number of hydrogen-bond donors (Lipinski definition) is 2. The molecule has 1 aromatic carbocycles. The van der Waals surface area contributed by atoms with Crippen LogP contribution in [-0.4, -0.2) is 46.2 Å². The van der Waals surface area contributed by atoms with E-state index in [1.165, 1.54) is 0 Å². The highest BCUT2D eigenvalue weighted by Gasteiger charge is 2.40. The summed E-state index contributed by atoms with van der Waals surface area (Å²) in [6.07, 6.45) is 1.53. The minimum absolute atomic E-state index is 0.0686. The maximum atomic E-state index is 12.5. The van der Waals surface area contributed by atoms with Crippen LogP contribution >= 0.6 is 0 Å². The van der Waals surface area contributed by atoms with Gasteiger partial charge in [-0.2, -0.15) is 0 Å². The van der Waals surface area contributed by atoms with Gasteiger partial charge in [0.05, 0.1) is 18.1 Å². The zero-order valence-electron chi connectivity index (χ0n) is 12.2. The summed E-state index contributed by atoms with van der Waals surface area (Å²) in [6, 6.07) is 8.65. The number of hydrogen-bond acceptors (Lipinski definition) is 3. The first kappa shape index (κ1) is 15.5. The molecule has 1 heterocycles. The van der Waals surface area contributed by atoms with Crippen LogP contribution in [0, 0.1) is 0 Å². The monoisotopic (exact) mass is 291 g/mol. The molecule has 2 N–H and O–H groups in total. The van der Waals surface area contributed by atoms with E-state index in [1.54, 1.807) is 36.1 Å². The lowest BCUT2D eigenvalue weighted by atomic mass is 9.79. The average Bonchev–Trinajstić information content (AvgIpc) is 2.96. The van der Waals surface area contributed by atoms with E-state index in [0.717, 1.165) is 12.8 Å². The Kier molecular flexibility index (Phi) is 4.63. The molecule has 0 saturated carbocycles. The fourth-order valence-corrected chi connectivity index (χ4v) is 2.87. The van der Waals surface area contributed by atoms with E-state index < -0.39 is 11.4 Å². The van der Waals surface area contributed by atoms with Crippen molar-refractivity contribution in [2.45, 2.75) is 37.6 Å². The summed E-state index contributed by atoms with van der Waals surface area (Å²) >= 11 is 0. The summed E-state index contributed by atoms with van der Waals surface area (Å²) in [7, 11) is 0. The van der Waals surface area contributed by atoms with E-state index in [9.17, 15) is 19.8 Å². The number of likely N-dealkylation sites (tertiary alicyclic amines) is 1. The van der Waals surface area contributed by atoms with E-state index in [1.807, 2.05) is 6.07 Å². The smallest absolute Gasteiger partial charge is 0.314 e. The fraction of sp³-hybridized carbons (Fsp3) is 0.500. The topological polar surface area (TPSA) is 77.8 Å². The molecule has 2 atom stereocenters. The minimum Gasteiger partial charge on any atom is -0.481 e. The van der Waals surface area contributed by atoms with E-state index in [2.05, 4.69) is 0 Å². The number of carboxylic acids is 1. The Balaban J connectivity index is 2.21. The molecule has 0 radical (unpaired) electrons. The van der Waals surface area contributed by atoms with Crippen molar-refractivity contribution in [3.8, 4) is 0 Å². The Bertz CT molecular complexity index is 516. The normalized spacial score (nSPS) is 21.0. The van der Waals surface area contributed by atoms with Crippen molar-refractivity contribution in [3.05, 3.63) is 35.9 Å². The molecule has 1 saturated heterocycles. The van der Waals surface area contributed by atoms with Crippen LogP contribution in [0.2, 0.25) is 0 Å². The zero-order chi connectivity index (χ0) is 15.5. The number of carbonyl (C=O) groups excluding carboxylic acids is 1. The van der Waals surface area contributed by atoms with Gasteiger partial charge in [-0.3, -0.25) is 9.59 Å². The Hall–Kier alpha value is -1.88. The van der Waals surface area contributed by atoms with Gasteiger partial charge in [-0.25, -0.2) is 0 Å². The maximum Gasteiger partial charge on any atom is 0.314 e. The molecule has 0 aromatic heterocycles. The average molecular weight is 291 g/mol. The first-order chi connectivity index (χ1) is 9.99. The van der Waals surface area contributed by atoms with Gasteiger partial charge in [0.1, 0.15) is 0 Å². The number of rotatable bonds is 5. The van der Waals surface area contributed by atoms with Crippen molar-refractivity contribution >= 4 is 11.9 Å². The van der Waals surface area contributed by atoms with Gasteiger partial charge in [-0.15, -0.1) is 0 Å². The van der Waals surface area contributed by atoms with Crippen molar-refractivity contribution in [1.29, 1.82) is 0 Å². The molecule has 1 aromatic rings. The van der Waals surface area contributed by atoms with E-state index in [4.69, 9.17) is 0 Å². The number of aliphatic hydroxyl groups excluding tert-OH is 1. The summed E-state index contributed by atoms with van der Waals surface area (Å²) in [6.45, 7) is 2.10. The summed E-state index contributed by atoms with van der Waals surface area (Å²) in [5, 5.41) is 18.9. The molecule has 0 aliphatic carbocycles. The van der Waals surface area contributed by atoms with Crippen LogP contribution in [0.25, 0.3) is 0 Å². The lowest BCUT2D eigenvalue weighted by molar-refractivity contribution is -0.148. The number of aliphatic carboxylic acids is 1. The third-order valence-corrected chi connectivity index (χ3v) is 4.30. The Morgan fingerprint density at radius 2 is 2.00 bits per heavy atom. The highest BCUT2D eigenvalue weighted by Crippen LogP contribution is 2.30. The minimum atomic E-state index is -1.25. The molecular weight excluding hydrogens is 270 g/mol. The molecule has 0 bridgehead atoms. The van der Waals surface area contributed by atoms with Crippen LogP contribution in [0.1, 0.15) is 31.7 Å². The predicted octanol–water partition coefficient (Wildman–Crippen LogP) is 1.40. The number of carbonyl (C=O) groups is 2. The van der Waals surface area contributed by atoms with Crippen LogP contribution in [0.3, 0.4) is 0 Å². The third kappa shape index (κ3) is 3.08. The van der Waals surface area contributed by atoms with Gasteiger partial charge in [0.25, 0.3) is 0 Å². The third-order valence-electron chi connectivity index (χ3n) is 4.30. The van der Waals surface area contributed by atoms with Crippen LogP contribution in [0.15, 0.2) is 30.3 Å². The van der Waals surface area contributed by atoms with Crippen molar-refractivity contribution in [1.82, 2.24) is 4.90 Å². The molecule has 0 spiro atoms. The first-order valence-corrected chi connectivity index (χ1v) is 7.18. The lowest BCUT2D eigenvalue weighted by Gasteiger charge is -2.29. The van der Waals surface area contributed by atoms with Crippen molar-refractivity contribution in [3.63, 3.8) is 0 Å². The summed E-state index contributed by atoms with van der Waals surface area (Å²) in [5.41, 5.74) is -0.633. The second kappa shape index (κ2) is 6.26. The van der Waals surface area contributed by atoms with Gasteiger partial charge < -0.3 is 15.1 Å². The van der Waals surface area contributed by atoms with Gasteiger partial charge >= 0.3 is 5.97 Å². The van der Waals surface area contributed by atoms with Crippen molar-refractivity contribution in [2.24, 2.45) is 0 Å². The molecule has 5 heteroatoms. The second-order valence-electron chi connectivity index (χ2n) is 5.75. The van der Waals surface area contributed by atoms with Crippen LogP contribution < -0.4 is 0 Å². The number of benzene rings is 1. The number of carboxylic acid groups (broad SMARTS) is 1. The fourth-order valence-electron chi connectivity index (χ4n) is 2.87. The number of aliphatic hydroxyl groups is 1. The number of nitrogens with zero attached hydrogens (tertiary/aromatic N) is 1. The summed E-state index contributed by atoms with van der Waals surface area (Å²) in [5.74, 6) is -1.22. The Morgan fingerprint density at radius 1 is 1.33 bits per heavy atom. The molecule has 21 heavy (non-hydrogen) atoms. The van der Waals surface area contributed by atoms with Gasteiger partial charge in [0.2, 0.25) is 5.91 Å². The molecule has 114 valence electrons. The molecule has 1 amide bonds. The quantitative estimate of drug-likeness (QED) is 0.859.